The molecule has 2 N–H and O–H groups in total. The number of likely N-dealkylation sites (tertiary alicyclic amines) is 2. The number of piperazine rings is 1. The molecule has 0 aromatic heterocycles. The van der Waals surface area contributed by atoms with Crippen molar-refractivity contribution < 1.29 is 33.8 Å². The van der Waals surface area contributed by atoms with Gasteiger partial charge in [-0.25, -0.2) is 9.59 Å². The molecule has 0 saturated carbocycles. The summed E-state index contributed by atoms with van der Waals surface area (Å²) < 4.78 is 10.5. The lowest BCUT2D eigenvalue weighted by atomic mass is 9.98. The largest absolute Gasteiger partial charge is 0.507 e. The number of carbonyl (C=O) groups excluding carboxylic acids is 4. The number of urea groups is 1. The van der Waals surface area contributed by atoms with Gasteiger partial charge in [0.25, 0.3) is 0 Å². The minimum atomic E-state index is -0.286. The van der Waals surface area contributed by atoms with Crippen LogP contribution >= 0.6 is 15.9 Å². The van der Waals surface area contributed by atoms with E-state index in [-0.39, 0.29) is 41.7 Å². The number of fused-ring (bicyclic) bond motifs is 1. The van der Waals surface area contributed by atoms with Crippen molar-refractivity contribution in [2.24, 2.45) is 5.92 Å². The molecule has 1 atom stereocenters. The monoisotopic (exact) mass is 798 g/mol. The van der Waals surface area contributed by atoms with Gasteiger partial charge in [0, 0.05) is 82.6 Å². The lowest BCUT2D eigenvalue weighted by Crippen LogP contribution is -2.55. The minimum absolute atomic E-state index is 0.0403. The number of phenols is 1. The highest BCUT2D eigenvalue weighted by atomic mass is 79.9. The molecular weight excluding hydrogens is 744 g/mol. The molecule has 0 spiro atoms. The number of carbonyl (C=O) groups is 4. The Balaban J connectivity index is 0.000000216. The van der Waals surface area contributed by atoms with Gasteiger partial charge in [0.2, 0.25) is 5.91 Å². The molecule has 0 radical (unpaired) electrons. The first-order valence-corrected chi connectivity index (χ1v) is 19.7. The van der Waals surface area contributed by atoms with Crippen LogP contribution in [0.2, 0.25) is 0 Å². The number of aromatic hydroxyl groups is 1. The van der Waals surface area contributed by atoms with E-state index in [0.717, 1.165) is 82.6 Å². The van der Waals surface area contributed by atoms with Gasteiger partial charge < -0.3 is 34.6 Å². The molecule has 4 amide bonds. The van der Waals surface area contributed by atoms with Gasteiger partial charge in [0.15, 0.2) is 0 Å². The van der Waals surface area contributed by atoms with Crippen LogP contribution in [0.5, 0.6) is 5.75 Å². The number of nitrogens with one attached hydrogen (secondary N) is 1. The predicted molar refractivity (Wildman–Crippen MR) is 206 cm³/mol. The van der Waals surface area contributed by atoms with Gasteiger partial charge in [-0.2, -0.15) is 0 Å². The van der Waals surface area contributed by atoms with Gasteiger partial charge in [-0.3, -0.25) is 19.4 Å². The first-order chi connectivity index (χ1) is 25.6. The van der Waals surface area contributed by atoms with Crippen molar-refractivity contribution in [2.75, 3.05) is 84.5 Å². The summed E-state index contributed by atoms with van der Waals surface area (Å²) in [5.74, 6) is 0.189. The highest BCUT2D eigenvalue weighted by Crippen LogP contribution is 2.27. The number of esters is 1. The molecule has 0 unspecified atom stereocenters. The van der Waals surface area contributed by atoms with E-state index in [1.807, 2.05) is 54.0 Å². The van der Waals surface area contributed by atoms with Gasteiger partial charge in [0.05, 0.1) is 24.7 Å². The van der Waals surface area contributed by atoms with Crippen LogP contribution in [0.1, 0.15) is 50.7 Å². The van der Waals surface area contributed by atoms with E-state index < -0.39 is 0 Å². The number of rotatable bonds is 8. The van der Waals surface area contributed by atoms with Crippen LogP contribution in [-0.2, 0) is 31.9 Å². The lowest BCUT2D eigenvalue weighted by Gasteiger charge is -2.43. The molecule has 2 aromatic carbocycles. The summed E-state index contributed by atoms with van der Waals surface area (Å²) in [6.45, 7) is 11.8. The summed E-state index contributed by atoms with van der Waals surface area (Å²) in [4.78, 5) is 58.9. The summed E-state index contributed by atoms with van der Waals surface area (Å²) in [6, 6.07) is 14.0. The first kappa shape index (κ1) is 40.3. The fourth-order valence-corrected chi connectivity index (χ4v) is 8.22. The maximum absolute atomic E-state index is 12.9. The second kappa shape index (κ2) is 19.4. The molecule has 53 heavy (non-hydrogen) atoms. The Morgan fingerprint density at radius 3 is 2.25 bits per heavy atom. The number of anilines is 1. The number of piperidine rings is 2. The molecule has 6 rings (SSSR count). The highest BCUT2D eigenvalue weighted by Gasteiger charge is 2.32. The minimum Gasteiger partial charge on any atom is -0.507 e. The summed E-state index contributed by atoms with van der Waals surface area (Å²) in [6.07, 6.45) is 4.92. The van der Waals surface area contributed by atoms with Gasteiger partial charge in [-0.1, -0.05) is 31.2 Å². The fraction of sp³-hybridized carbons (Fsp3) is 0.590. The van der Waals surface area contributed by atoms with Gasteiger partial charge >= 0.3 is 18.1 Å². The second-order valence-electron chi connectivity index (χ2n) is 14.3. The van der Waals surface area contributed by atoms with Crippen LogP contribution in [0.3, 0.4) is 0 Å². The van der Waals surface area contributed by atoms with Crippen LogP contribution in [0.25, 0.3) is 0 Å². The quantitative estimate of drug-likeness (QED) is 0.361. The molecule has 4 aliphatic heterocycles. The zero-order valence-electron chi connectivity index (χ0n) is 31.3. The van der Waals surface area contributed by atoms with Crippen LogP contribution < -0.4 is 5.32 Å². The molecule has 4 aliphatic rings. The topological polar surface area (TPSA) is 135 Å². The van der Waals surface area contributed by atoms with E-state index in [4.69, 9.17) is 9.47 Å². The standard InChI is InChI=1S/C23H34BrN3O4.C16H21N3O3/c1-3-31-22(29)16-25-8-6-19(7-9-25)26-10-12-27(13-11-26)23(30)17(2)14-18-4-5-21(28)20(24)15-18;1-22-16(21)18-9-7-13(8-10-18)19-11-6-12-4-2-3-5-14(12)17-15(19)20/h4-5,15,17,19,28H,3,6-14,16H2,1-2H3;2-5,13H,6-11H2,1H3,(H,17,20)/t17-;/m1./s1. The number of methoxy groups -OCH3 is 1. The molecule has 0 aliphatic carbocycles. The third kappa shape index (κ3) is 11.1. The number of nitrogens with zero attached hydrogens (tertiary/aromatic N) is 5. The van der Waals surface area contributed by atoms with E-state index in [1.54, 1.807) is 11.0 Å². The van der Waals surface area contributed by atoms with Crippen molar-refractivity contribution in [1.82, 2.24) is 24.5 Å². The number of phenolic OH excluding ortho intramolecular Hbond substituents is 1. The number of hydrogen-bond acceptors (Lipinski definition) is 9. The lowest BCUT2D eigenvalue weighted by molar-refractivity contribution is -0.144. The van der Waals surface area contributed by atoms with Gasteiger partial charge in [-0.15, -0.1) is 0 Å². The summed E-state index contributed by atoms with van der Waals surface area (Å²) in [5.41, 5.74) is 3.12. The van der Waals surface area contributed by atoms with E-state index >= 15 is 0 Å². The average Bonchev–Trinajstić information content (AvgIpc) is 3.34. The van der Waals surface area contributed by atoms with Crippen LogP contribution in [0, 0.1) is 5.92 Å². The molecule has 2 aromatic rings. The Morgan fingerprint density at radius 2 is 1.58 bits per heavy atom. The van der Waals surface area contributed by atoms with Crippen molar-refractivity contribution in [3.8, 4) is 5.75 Å². The Kier molecular flexibility index (Phi) is 14.8. The normalized spacial score (nSPS) is 19.6. The highest BCUT2D eigenvalue weighted by molar-refractivity contribution is 9.10. The maximum atomic E-state index is 12.9. The van der Waals surface area contributed by atoms with Crippen LogP contribution in [-0.4, -0.2) is 145 Å². The van der Waals surface area contributed by atoms with Crippen molar-refractivity contribution in [1.29, 1.82) is 0 Å². The summed E-state index contributed by atoms with van der Waals surface area (Å²) in [5, 5.41) is 12.6. The predicted octanol–water partition coefficient (Wildman–Crippen LogP) is 4.81. The molecule has 290 valence electrons. The smallest absolute Gasteiger partial charge is 0.409 e. The Bertz CT molecular complexity index is 1550. The SMILES string of the molecule is CCOC(=O)CN1CCC(N2CCN(C(=O)[C@H](C)Cc3ccc(O)c(Br)c3)CC2)CC1.COC(=O)N1CCC(N2CCc3ccccc3NC2=O)CC1. The van der Waals surface area contributed by atoms with Crippen molar-refractivity contribution in [2.45, 2.75) is 64.5 Å². The van der Waals surface area contributed by atoms with Crippen LogP contribution in [0.15, 0.2) is 46.9 Å². The number of ether oxygens (including phenoxy) is 2. The van der Waals surface area contributed by atoms with Crippen molar-refractivity contribution in [3.05, 3.63) is 58.1 Å². The Morgan fingerprint density at radius 1 is 0.906 bits per heavy atom. The maximum Gasteiger partial charge on any atom is 0.409 e. The molecule has 3 fully saturated rings. The number of para-hydroxylation sites is 1. The van der Waals surface area contributed by atoms with E-state index in [2.05, 4.69) is 37.1 Å². The fourth-order valence-electron chi connectivity index (χ4n) is 7.80. The third-order valence-electron chi connectivity index (χ3n) is 10.8. The Labute approximate surface area is 321 Å². The molecule has 4 heterocycles. The number of hydrogen-bond donors (Lipinski definition) is 2. The average molecular weight is 800 g/mol. The molecule has 13 nitrogen and oxygen atoms in total. The summed E-state index contributed by atoms with van der Waals surface area (Å²) >= 11 is 3.34. The molecular formula is C39H55BrN6O7. The second-order valence-corrected chi connectivity index (χ2v) is 15.1. The zero-order valence-corrected chi connectivity index (χ0v) is 32.9. The molecule has 0 bridgehead atoms. The molecule has 14 heteroatoms. The van der Waals surface area contributed by atoms with Gasteiger partial charge in [-0.05, 0) is 90.7 Å². The van der Waals surface area contributed by atoms with E-state index in [1.165, 1.54) is 12.7 Å². The van der Waals surface area contributed by atoms with Crippen molar-refractivity contribution in [3.63, 3.8) is 0 Å². The van der Waals surface area contributed by atoms with E-state index in [9.17, 15) is 24.3 Å². The van der Waals surface area contributed by atoms with Gasteiger partial charge in [0.1, 0.15) is 5.75 Å². The first-order valence-electron chi connectivity index (χ1n) is 18.9. The van der Waals surface area contributed by atoms with Crippen LogP contribution in [0.4, 0.5) is 15.3 Å². The number of halogens is 1. The number of amides is 4. The Hall–Kier alpha value is -3.88. The van der Waals surface area contributed by atoms with E-state index in [0.29, 0.717) is 49.7 Å². The third-order valence-corrected chi connectivity index (χ3v) is 11.4. The van der Waals surface area contributed by atoms with Crippen molar-refractivity contribution >= 4 is 45.6 Å². The zero-order chi connectivity index (χ0) is 37.9. The molecule has 3 saturated heterocycles. The number of benzene rings is 2. The summed E-state index contributed by atoms with van der Waals surface area (Å²) in [7, 11) is 1.40.